The van der Waals surface area contributed by atoms with Crippen molar-refractivity contribution < 1.29 is 24.2 Å². The van der Waals surface area contributed by atoms with Crippen LogP contribution < -0.4 is 21.9 Å². The van der Waals surface area contributed by atoms with Crippen molar-refractivity contribution in [1.29, 1.82) is 0 Å². The number of alkyl carbamates (subject to hydrolysis) is 1. The van der Waals surface area contributed by atoms with Gasteiger partial charge in [0.25, 0.3) is 5.56 Å². The summed E-state index contributed by atoms with van der Waals surface area (Å²) in [4.78, 5) is 64.1. The molecule has 1 heterocycles. The van der Waals surface area contributed by atoms with Crippen LogP contribution in [0.25, 0.3) is 10.9 Å². The lowest BCUT2D eigenvalue weighted by molar-refractivity contribution is -0.142. The molecule has 0 saturated heterocycles. The number of unbranched alkanes of at least 4 members (excludes halogenated alkanes) is 1. The predicted octanol–water partition coefficient (Wildman–Crippen LogP) is 2.75. The highest BCUT2D eigenvalue weighted by Gasteiger charge is 2.30. The lowest BCUT2D eigenvalue weighted by atomic mass is 10.0. The van der Waals surface area contributed by atoms with Crippen LogP contribution in [0.4, 0.5) is 4.79 Å². The van der Waals surface area contributed by atoms with Gasteiger partial charge in [-0.3, -0.25) is 14.2 Å². The van der Waals surface area contributed by atoms with Gasteiger partial charge in [0.15, 0.2) is 0 Å². The van der Waals surface area contributed by atoms with Gasteiger partial charge in [-0.15, -0.1) is 0 Å². The average Bonchev–Trinajstić information content (AvgIpc) is 2.89. The van der Waals surface area contributed by atoms with E-state index < -0.39 is 46.9 Å². The molecule has 0 bridgehead atoms. The summed E-state index contributed by atoms with van der Waals surface area (Å²) in [6, 6.07) is 13.0. The second kappa shape index (κ2) is 13.1. The summed E-state index contributed by atoms with van der Waals surface area (Å²) in [6.45, 7) is 5.52. The van der Waals surface area contributed by atoms with Gasteiger partial charge in [0, 0.05) is 20.0 Å². The second-order valence-corrected chi connectivity index (χ2v) is 10.6. The minimum atomic E-state index is -1.28. The van der Waals surface area contributed by atoms with Crippen molar-refractivity contribution in [3.8, 4) is 0 Å². The molecular formula is C29H36N4O7. The van der Waals surface area contributed by atoms with Gasteiger partial charge in [-0.1, -0.05) is 42.5 Å². The van der Waals surface area contributed by atoms with E-state index >= 15 is 0 Å². The number of carboxylic acid groups (broad SMARTS) is 1. The monoisotopic (exact) mass is 552 g/mol. The fourth-order valence-corrected chi connectivity index (χ4v) is 4.35. The minimum absolute atomic E-state index is 0.00626. The van der Waals surface area contributed by atoms with Crippen molar-refractivity contribution in [2.45, 2.75) is 64.1 Å². The van der Waals surface area contributed by atoms with E-state index in [1.165, 1.54) is 11.6 Å². The zero-order chi connectivity index (χ0) is 29.4. The van der Waals surface area contributed by atoms with Crippen molar-refractivity contribution in [3.05, 3.63) is 81.0 Å². The number of nitrogens with zero attached hydrogens (tertiary/aromatic N) is 2. The number of amides is 2. The summed E-state index contributed by atoms with van der Waals surface area (Å²) in [7, 11) is 1.52. The van der Waals surface area contributed by atoms with Crippen LogP contribution in [-0.2, 0) is 27.8 Å². The maximum Gasteiger partial charge on any atom is 0.407 e. The van der Waals surface area contributed by atoms with E-state index in [1.54, 1.807) is 75.4 Å². The number of para-hydroxylation sites is 1. The summed E-state index contributed by atoms with van der Waals surface area (Å²) in [6.07, 6.45) is 0.360. The lowest BCUT2D eigenvalue weighted by Crippen LogP contribution is -2.50. The molecule has 0 spiro atoms. The third-order valence-electron chi connectivity index (χ3n) is 6.30. The number of carbonyl (C=O) groups is 3. The number of carboxylic acids is 1. The molecule has 3 N–H and O–H groups in total. The standard InChI is InChI=1S/C29H36N4O7/c1-29(2,3)40-27(38)30-17-11-10-15-21(26(36)37)31-24(34)23(18-19-12-6-5-7-13-19)33-25(35)20-14-8-9-16-22(20)32(4)28(33)39/h5-9,12-14,16,21,23H,10-11,15,17-18H2,1-4H3,(H,30,38)(H,31,34)(H,36,37)/t21-,23-/m0/s1. The third-order valence-corrected chi connectivity index (χ3v) is 6.30. The van der Waals surface area contributed by atoms with Crippen LogP contribution >= 0.6 is 0 Å². The number of hydrogen-bond donors (Lipinski definition) is 3. The Hall–Kier alpha value is -4.41. The molecule has 0 fully saturated rings. The summed E-state index contributed by atoms with van der Waals surface area (Å²) >= 11 is 0. The Morgan fingerprint density at radius 1 is 0.975 bits per heavy atom. The molecule has 1 aromatic heterocycles. The summed E-state index contributed by atoms with van der Waals surface area (Å²) < 4.78 is 7.37. The first kappa shape index (κ1) is 30.1. The predicted molar refractivity (Wildman–Crippen MR) is 150 cm³/mol. The van der Waals surface area contributed by atoms with Gasteiger partial charge in [-0.2, -0.15) is 0 Å². The first-order valence-electron chi connectivity index (χ1n) is 13.1. The highest BCUT2D eigenvalue weighted by atomic mass is 16.6. The number of aryl methyl sites for hydroxylation is 1. The van der Waals surface area contributed by atoms with E-state index in [0.717, 1.165) is 4.57 Å². The number of benzene rings is 2. The van der Waals surface area contributed by atoms with Crippen molar-refractivity contribution in [2.75, 3.05) is 6.54 Å². The molecule has 0 aliphatic rings. The van der Waals surface area contributed by atoms with Crippen LogP contribution in [0.2, 0.25) is 0 Å². The molecule has 3 rings (SSSR count). The number of aliphatic carboxylic acids is 1. The fourth-order valence-electron chi connectivity index (χ4n) is 4.35. The molecule has 0 unspecified atom stereocenters. The Balaban J connectivity index is 1.81. The van der Waals surface area contributed by atoms with Crippen molar-refractivity contribution in [2.24, 2.45) is 7.05 Å². The van der Waals surface area contributed by atoms with Crippen molar-refractivity contribution in [3.63, 3.8) is 0 Å². The molecule has 0 aliphatic carbocycles. The molecule has 2 aromatic carbocycles. The largest absolute Gasteiger partial charge is 0.480 e. The van der Waals surface area contributed by atoms with E-state index in [4.69, 9.17) is 4.74 Å². The van der Waals surface area contributed by atoms with Crippen LogP contribution in [0.3, 0.4) is 0 Å². The van der Waals surface area contributed by atoms with Gasteiger partial charge in [-0.05, 0) is 57.7 Å². The highest BCUT2D eigenvalue weighted by Crippen LogP contribution is 2.15. The summed E-state index contributed by atoms with van der Waals surface area (Å²) in [5.41, 5.74) is -0.816. The van der Waals surface area contributed by atoms with Crippen LogP contribution in [0, 0.1) is 0 Å². The zero-order valence-corrected chi connectivity index (χ0v) is 23.2. The minimum Gasteiger partial charge on any atom is -0.480 e. The number of carbonyl (C=O) groups excluding carboxylic acids is 2. The molecular weight excluding hydrogens is 516 g/mol. The SMILES string of the molecule is Cn1c(=O)n([C@@H](Cc2ccccc2)C(=O)N[C@@H](CCCCNC(=O)OC(C)(C)C)C(=O)O)c(=O)c2ccccc21. The zero-order valence-electron chi connectivity index (χ0n) is 23.2. The second-order valence-electron chi connectivity index (χ2n) is 10.6. The fraction of sp³-hybridized carbons (Fsp3) is 0.414. The first-order chi connectivity index (χ1) is 18.9. The van der Waals surface area contributed by atoms with Crippen LogP contribution in [-0.4, -0.2) is 50.4 Å². The lowest BCUT2D eigenvalue weighted by Gasteiger charge is -2.23. The van der Waals surface area contributed by atoms with E-state index in [9.17, 15) is 29.1 Å². The van der Waals surface area contributed by atoms with Gasteiger partial charge >= 0.3 is 17.8 Å². The molecule has 2 atom stereocenters. The number of fused-ring (bicyclic) bond motifs is 1. The Morgan fingerprint density at radius 3 is 2.27 bits per heavy atom. The number of ether oxygens (including phenoxy) is 1. The molecule has 40 heavy (non-hydrogen) atoms. The summed E-state index contributed by atoms with van der Waals surface area (Å²) in [5.74, 6) is -2.00. The number of aromatic nitrogens is 2. The summed E-state index contributed by atoms with van der Waals surface area (Å²) in [5, 5.41) is 15.2. The Bertz CT molecular complexity index is 1470. The smallest absolute Gasteiger partial charge is 0.407 e. The normalized spacial score (nSPS) is 12.9. The molecule has 11 heteroatoms. The van der Waals surface area contributed by atoms with Gasteiger partial charge in [0.2, 0.25) is 5.91 Å². The molecule has 0 saturated carbocycles. The van der Waals surface area contributed by atoms with Gasteiger partial charge < -0.3 is 20.5 Å². The Labute approximate surface area is 231 Å². The molecule has 3 aromatic rings. The molecule has 214 valence electrons. The van der Waals surface area contributed by atoms with Crippen LogP contribution in [0.1, 0.15) is 51.6 Å². The van der Waals surface area contributed by atoms with E-state index in [1.807, 2.05) is 0 Å². The Morgan fingerprint density at radius 2 is 1.62 bits per heavy atom. The van der Waals surface area contributed by atoms with Crippen molar-refractivity contribution >= 4 is 28.9 Å². The topological polar surface area (TPSA) is 149 Å². The Kier molecular flexibility index (Phi) is 9.87. The average molecular weight is 553 g/mol. The van der Waals surface area contributed by atoms with Gasteiger partial charge in [0.1, 0.15) is 17.7 Å². The maximum atomic E-state index is 13.6. The van der Waals surface area contributed by atoms with E-state index in [-0.39, 0.29) is 24.8 Å². The van der Waals surface area contributed by atoms with Crippen LogP contribution in [0.5, 0.6) is 0 Å². The van der Waals surface area contributed by atoms with Crippen molar-refractivity contribution in [1.82, 2.24) is 19.8 Å². The molecule has 0 aliphatic heterocycles. The molecule has 0 radical (unpaired) electrons. The van der Waals surface area contributed by atoms with E-state index in [0.29, 0.717) is 23.9 Å². The first-order valence-corrected chi connectivity index (χ1v) is 13.1. The molecule has 11 nitrogen and oxygen atoms in total. The van der Waals surface area contributed by atoms with Gasteiger partial charge in [-0.25, -0.2) is 19.0 Å². The maximum absolute atomic E-state index is 13.6. The number of rotatable bonds is 11. The third kappa shape index (κ3) is 7.81. The molecule has 2 amide bonds. The highest BCUT2D eigenvalue weighted by molar-refractivity contribution is 5.86. The van der Waals surface area contributed by atoms with Crippen LogP contribution in [0.15, 0.2) is 64.2 Å². The van der Waals surface area contributed by atoms with E-state index in [2.05, 4.69) is 10.6 Å². The number of nitrogens with one attached hydrogen (secondary N) is 2. The quantitative estimate of drug-likeness (QED) is 0.310. The van der Waals surface area contributed by atoms with Gasteiger partial charge in [0.05, 0.1) is 10.9 Å². The number of hydrogen-bond acceptors (Lipinski definition) is 6.